The van der Waals surface area contributed by atoms with Crippen LogP contribution in [0.1, 0.15) is 45.7 Å². The van der Waals surface area contributed by atoms with Crippen molar-refractivity contribution in [3.63, 3.8) is 0 Å². The Morgan fingerprint density at radius 2 is 1.06 bits per heavy atom. The third-order valence-electron chi connectivity index (χ3n) is 6.47. The number of rotatable bonds is 5. The molecule has 1 aliphatic rings. The average molecular weight is 481 g/mol. The van der Waals surface area contributed by atoms with Gasteiger partial charge in [-0.2, -0.15) is 0 Å². The summed E-state index contributed by atoms with van der Waals surface area (Å²) in [5.41, 5.74) is 4.46. The smallest absolute Gasteiger partial charge is 0.343 e. The van der Waals surface area contributed by atoms with Gasteiger partial charge in [0.15, 0.2) is 0 Å². The van der Waals surface area contributed by atoms with Gasteiger partial charge in [0, 0.05) is 5.41 Å². The van der Waals surface area contributed by atoms with Gasteiger partial charge in [-0.25, -0.2) is 9.59 Å². The number of hydrogen-bond acceptors (Lipinski definition) is 6. The van der Waals surface area contributed by atoms with Crippen molar-refractivity contribution in [2.75, 3.05) is 7.11 Å². The van der Waals surface area contributed by atoms with Crippen LogP contribution < -0.4 is 14.2 Å². The maximum Gasteiger partial charge on any atom is 0.343 e. The monoisotopic (exact) mass is 480 g/mol. The lowest BCUT2D eigenvalue weighted by molar-refractivity contribution is 0.0725. The molecular formula is C30H24O6. The summed E-state index contributed by atoms with van der Waals surface area (Å²) in [7, 11) is 1.57. The molecule has 1 aliphatic carbocycles. The molecule has 4 aromatic carbocycles. The summed E-state index contributed by atoms with van der Waals surface area (Å²) in [6.07, 6.45) is 0. The Hall–Kier alpha value is -4.58. The van der Waals surface area contributed by atoms with Crippen LogP contribution in [0.25, 0.3) is 11.1 Å². The first-order valence-corrected chi connectivity index (χ1v) is 11.4. The van der Waals surface area contributed by atoms with E-state index in [0.717, 1.165) is 22.3 Å². The van der Waals surface area contributed by atoms with Crippen molar-refractivity contribution in [1.82, 2.24) is 0 Å². The zero-order chi connectivity index (χ0) is 25.4. The second kappa shape index (κ2) is 8.89. The fourth-order valence-corrected chi connectivity index (χ4v) is 4.48. The minimum absolute atomic E-state index is 0.0812. The third-order valence-corrected chi connectivity index (χ3v) is 6.47. The number of carbonyl (C=O) groups is 2. The van der Waals surface area contributed by atoms with Gasteiger partial charge in [-0.3, -0.25) is 0 Å². The fourth-order valence-electron chi connectivity index (χ4n) is 4.48. The Morgan fingerprint density at radius 3 is 1.50 bits per heavy atom. The molecule has 5 rings (SSSR count). The highest BCUT2D eigenvalue weighted by molar-refractivity contribution is 5.92. The van der Waals surface area contributed by atoms with Crippen molar-refractivity contribution in [3.8, 4) is 34.1 Å². The van der Waals surface area contributed by atoms with Crippen LogP contribution >= 0.6 is 0 Å². The zero-order valence-electron chi connectivity index (χ0n) is 20.1. The summed E-state index contributed by atoms with van der Waals surface area (Å²) >= 11 is 0. The topological polar surface area (TPSA) is 82.1 Å². The van der Waals surface area contributed by atoms with Crippen LogP contribution in [-0.2, 0) is 5.41 Å². The van der Waals surface area contributed by atoms with Crippen molar-refractivity contribution in [1.29, 1.82) is 0 Å². The minimum atomic E-state index is -0.504. The highest BCUT2D eigenvalue weighted by Gasteiger charge is 2.36. The maximum atomic E-state index is 12.7. The Kier molecular flexibility index (Phi) is 5.72. The number of phenolic OH excluding ortho intramolecular Hbond substituents is 1. The van der Waals surface area contributed by atoms with Gasteiger partial charge in [-0.05, 0) is 95.1 Å². The molecule has 0 fully saturated rings. The summed E-state index contributed by atoms with van der Waals surface area (Å²) < 4.78 is 16.4. The lowest BCUT2D eigenvalue weighted by Gasteiger charge is -2.22. The second-order valence-electron chi connectivity index (χ2n) is 9.09. The molecule has 0 bridgehead atoms. The van der Waals surface area contributed by atoms with Crippen molar-refractivity contribution < 1.29 is 28.9 Å². The number of carbonyl (C=O) groups excluding carboxylic acids is 2. The van der Waals surface area contributed by atoms with Gasteiger partial charge in [-0.15, -0.1) is 0 Å². The Labute approximate surface area is 208 Å². The van der Waals surface area contributed by atoms with Gasteiger partial charge < -0.3 is 19.3 Å². The number of phenols is 1. The molecule has 6 heteroatoms. The van der Waals surface area contributed by atoms with Gasteiger partial charge >= 0.3 is 11.9 Å². The number of fused-ring (bicyclic) bond motifs is 3. The number of ether oxygens (including phenoxy) is 3. The summed E-state index contributed by atoms with van der Waals surface area (Å²) in [5, 5.41) is 9.44. The van der Waals surface area contributed by atoms with E-state index in [1.54, 1.807) is 43.5 Å². The lowest BCUT2D eigenvalue weighted by atomic mass is 9.82. The van der Waals surface area contributed by atoms with E-state index in [9.17, 15) is 14.7 Å². The highest BCUT2D eigenvalue weighted by Crippen LogP contribution is 2.50. The van der Waals surface area contributed by atoms with Crippen LogP contribution in [0.4, 0.5) is 0 Å². The first kappa shape index (κ1) is 23.2. The molecule has 0 atom stereocenters. The van der Waals surface area contributed by atoms with Crippen LogP contribution in [-0.4, -0.2) is 24.2 Å². The van der Waals surface area contributed by atoms with Gasteiger partial charge in [0.05, 0.1) is 18.2 Å². The molecule has 0 saturated heterocycles. The van der Waals surface area contributed by atoms with E-state index in [1.165, 1.54) is 24.3 Å². The van der Waals surface area contributed by atoms with Crippen LogP contribution in [0.3, 0.4) is 0 Å². The minimum Gasteiger partial charge on any atom is -0.508 e. The van der Waals surface area contributed by atoms with Crippen molar-refractivity contribution >= 4 is 11.9 Å². The molecule has 0 unspecified atom stereocenters. The standard InChI is InChI=1S/C30H24O6/c1-30(2)26-16-22(35-28(32)18-4-8-20(31)9-5-18)12-14-24(26)25-15-13-23(17-27(25)30)36-29(33)19-6-10-21(34-3)11-7-19/h4-17,31H,1-3H3. The van der Waals surface area contributed by atoms with Gasteiger partial charge in [-0.1, -0.05) is 26.0 Å². The Morgan fingerprint density at radius 1 is 0.639 bits per heavy atom. The fraction of sp³-hybridized carbons (Fsp3) is 0.133. The molecule has 36 heavy (non-hydrogen) atoms. The van der Waals surface area contributed by atoms with Gasteiger partial charge in [0.25, 0.3) is 0 Å². The summed E-state index contributed by atoms with van der Waals surface area (Å²) in [5.74, 6) is 0.674. The molecule has 0 radical (unpaired) electrons. The molecule has 0 amide bonds. The second-order valence-corrected chi connectivity index (χ2v) is 9.09. The number of aromatic hydroxyl groups is 1. The average Bonchev–Trinajstić information content (AvgIpc) is 3.10. The predicted molar refractivity (Wildman–Crippen MR) is 135 cm³/mol. The van der Waals surface area contributed by atoms with E-state index in [-0.39, 0.29) is 5.75 Å². The molecule has 0 saturated carbocycles. The number of esters is 2. The molecule has 1 N–H and O–H groups in total. The first-order valence-electron chi connectivity index (χ1n) is 11.4. The van der Waals surface area contributed by atoms with Crippen LogP contribution in [0.15, 0.2) is 84.9 Å². The van der Waals surface area contributed by atoms with E-state index >= 15 is 0 Å². The molecule has 6 nitrogen and oxygen atoms in total. The molecule has 0 spiro atoms. The SMILES string of the molecule is COc1ccc(C(=O)Oc2ccc3c(c2)C(C)(C)c2cc(OC(=O)c4ccc(O)cc4)ccc2-3)cc1. The van der Waals surface area contributed by atoms with Crippen LogP contribution in [0.2, 0.25) is 0 Å². The predicted octanol–water partition coefficient (Wildman–Crippen LogP) is 6.15. The molecule has 180 valence electrons. The van der Waals surface area contributed by atoms with Crippen molar-refractivity contribution in [2.24, 2.45) is 0 Å². The molecule has 4 aromatic rings. The Bertz CT molecular complexity index is 1470. The molecule has 0 aliphatic heterocycles. The van der Waals surface area contributed by atoms with E-state index in [0.29, 0.717) is 28.4 Å². The van der Waals surface area contributed by atoms with Crippen LogP contribution in [0.5, 0.6) is 23.0 Å². The Balaban J connectivity index is 1.38. The summed E-state index contributed by atoms with van der Waals surface area (Å²) in [6.45, 7) is 4.16. The van der Waals surface area contributed by atoms with Gasteiger partial charge in [0.2, 0.25) is 0 Å². The largest absolute Gasteiger partial charge is 0.508 e. The van der Waals surface area contributed by atoms with Crippen molar-refractivity contribution in [2.45, 2.75) is 19.3 Å². The first-order chi connectivity index (χ1) is 17.3. The molecule has 0 aromatic heterocycles. The third kappa shape index (κ3) is 4.18. The quantitative estimate of drug-likeness (QED) is 0.273. The zero-order valence-corrected chi connectivity index (χ0v) is 20.1. The number of hydrogen-bond donors (Lipinski definition) is 1. The summed E-state index contributed by atoms with van der Waals surface area (Å²) in [6, 6.07) is 23.9. The van der Waals surface area contributed by atoms with Crippen LogP contribution in [0, 0.1) is 0 Å². The highest BCUT2D eigenvalue weighted by atomic mass is 16.5. The van der Waals surface area contributed by atoms with E-state index < -0.39 is 17.4 Å². The van der Waals surface area contributed by atoms with E-state index in [2.05, 4.69) is 13.8 Å². The number of benzene rings is 4. The normalized spacial score (nSPS) is 12.9. The van der Waals surface area contributed by atoms with Crippen molar-refractivity contribution in [3.05, 3.63) is 107 Å². The maximum absolute atomic E-state index is 12.7. The number of methoxy groups -OCH3 is 1. The van der Waals surface area contributed by atoms with Gasteiger partial charge in [0.1, 0.15) is 23.0 Å². The van der Waals surface area contributed by atoms with E-state index in [4.69, 9.17) is 14.2 Å². The lowest BCUT2D eigenvalue weighted by Crippen LogP contribution is -2.16. The summed E-state index contributed by atoms with van der Waals surface area (Å²) in [4.78, 5) is 25.2. The molecule has 0 heterocycles. The van der Waals surface area contributed by atoms with E-state index in [1.807, 2.05) is 24.3 Å². The molecular weight excluding hydrogens is 456 g/mol.